The molecule has 1 heterocycles. The molecule has 0 fully saturated rings. The first-order valence-electron chi connectivity index (χ1n) is 9.38. The molecule has 0 aliphatic heterocycles. The summed E-state index contributed by atoms with van der Waals surface area (Å²) < 4.78 is 5.57. The SMILES string of the molecule is Cc1ccc(-c2nc(CN=C(N)Nc3cccc4c3CCCC4)co2)cc1. The predicted molar refractivity (Wildman–Crippen MR) is 109 cm³/mol. The molecule has 0 bridgehead atoms. The highest BCUT2D eigenvalue weighted by Crippen LogP contribution is 2.27. The standard InChI is InChI=1S/C22H24N4O/c1-15-9-11-17(12-10-15)21-25-18(14-27-21)13-24-22(23)26-20-8-4-6-16-5-2-3-7-19(16)20/h4,6,8-12,14H,2-3,5,7,13H2,1H3,(H3,23,24,26). The Morgan fingerprint density at radius 3 is 2.81 bits per heavy atom. The minimum Gasteiger partial charge on any atom is -0.444 e. The quantitative estimate of drug-likeness (QED) is 0.532. The number of hydrogen-bond donors (Lipinski definition) is 2. The summed E-state index contributed by atoms with van der Waals surface area (Å²) in [7, 11) is 0. The number of nitrogens with one attached hydrogen (secondary N) is 1. The fourth-order valence-corrected chi connectivity index (χ4v) is 3.45. The number of aryl methyl sites for hydroxylation is 2. The zero-order valence-electron chi connectivity index (χ0n) is 15.5. The van der Waals surface area contributed by atoms with E-state index in [1.807, 2.05) is 24.3 Å². The summed E-state index contributed by atoms with van der Waals surface area (Å²) in [5.74, 6) is 0.998. The van der Waals surface area contributed by atoms with E-state index in [-0.39, 0.29) is 0 Å². The van der Waals surface area contributed by atoms with Gasteiger partial charge < -0.3 is 15.5 Å². The Labute approximate surface area is 159 Å². The first-order chi connectivity index (χ1) is 13.2. The first-order valence-corrected chi connectivity index (χ1v) is 9.38. The van der Waals surface area contributed by atoms with Crippen molar-refractivity contribution < 1.29 is 4.42 Å². The van der Waals surface area contributed by atoms with Crippen molar-refractivity contribution in [3.05, 3.63) is 71.1 Å². The molecule has 0 amide bonds. The molecular weight excluding hydrogens is 336 g/mol. The van der Waals surface area contributed by atoms with Crippen LogP contribution in [-0.2, 0) is 19.4 Å². The zero-order valence-corrected chi connectivity index (χ0v) is 15.5. The average Bonchev–Trinajstić information content (AvgIpc) is 3.16. The molecule has 1 aliphatic rings. The Hall–Kier alpha value is -3.08. The number of anilines is 1. The number of benzene rings is 2. The number of fused-ring (bicyclic) bond motifs is 1. The van der Waals surface area contributed by atoms with Crippen LogP contribution in [0.4, 0.5) is 5.69 Å². The fraction of sp³-hybridized carbons (Fsp3) is 0.273. The topological polar surface area (TPSA) is 76.4 Å². The minimum atomic E-state index is 0.378. The molecule has 3 aromatic rings. The van der Waals surface area contributed by atoms with Crippen LogP contribution in [-0.4, -0.2) is 10.9 Å². The van der Waals surface area contributed by atoms with Crippen molar-refractivity contribution >= 4 is 11.6 Å². The number of hydrogen-bond acceptors (Lipinski definition) is 3. The second-order valence-corrected chi connectivity index (χ2v) is 6.99. The molecular formula is C22H24N4O. The number of nitrogens with zero attached hydrogens (tertiary/aromatic N) is 2. The van der Waals surface area contributed by atoms with Crippen LogP contribution in [0.2, 0.25) is 0 Å². The van der Waals surface area contributed by atoms with Crippen LogP contribution in [0.1, 0.15) is 35.2 Å². The van der Waals surface area contributed by atoms with Crippen molar-refractivity contribution in [2.24, 2.45) is 10.7 Å². The summed E-state index contributed by atoms with van der Waals surface area (Å²) in [6.07, 6.45) is 6.35. The summed E-state index contributed by atoms with van der Waals surface area (Å²) >= 11 is 0. The van der Waals surface area contributed by atoms with Gasteiger partial charge in [-0.25, -0.2) is 9.98 Å². The summed E-state index contributed by atoms with van der Waals surface area (Å²) in [4.78, 5) is 8.92. The number of aromatic nitrogens is 1. The van der Waals surface area contributed by atoms with Crippen molar-refractivity contribution in [3.8, 4) is 11.5 Å². The van der Waals surface area contributed by atoms with Gasteiger partial charge in [-0.1, -0.05) is 29.8 Å². The third kappa shape index (κ3) is 4.03. The number of rotatable bonds is 4. The lowest BCUT2D eigenvalue weighted by Gasteiger charge is -2.19. The Kier molecular flexibility index (Phi) is 4.92. The molecule has 2 aromatic carbocycles. The van der Waals surface area contributed by atoms with E-state index in [4.69, 9.17) is 10.2 Å². The van der Waals surface area contributed by atoms with Crippen LogP contribution in [0, 0.1) is 6.92 Å². The van der Waals surface area contributed by atoms with Gasteiger partial charge in [-0.15, -0.1) is 0 Å². The Morgan fingerprint density at radius 1 is 1.15 bits per heavy atom. The van der Waals surface area contributed by atoms with Crippen LogP contribution in [0.15, 0.2) is 58.1 Å². The highest BCUT2D eigenvalue weighted by atomic mass is 16.3. The molecule has 0 spiro atoms. The molecule has 3 N–H and O–H groups in total. The van der Waals surface area contributed by atoms with Gasteiger partial charge in [-0.2, -0.15) is 0 Å². The predicted octanol–water partition coefficient (Wildman–Crippen LogP) is 4.46. The van der Waals surface area contributed by atoms with Gasteiger partial charge in [0.2, 0.25) is 5.89 Å². The maximum Gasteiger partial charge on any atom is 0.226 e. The van der Waals surface area contributed by atoms with E-state index in [1.165, 1.54) is 29.5 Å². The van der Waals surface area contributed by atoms with Crippen LogP contribution < -0.4 is 11.1 Å². The van der Waals surface area contributed by atoms with Crippen LogP contribution >= 0.6 is 0 Å². The molecule has 0 saturated carbocycles. The molecule has 27 heavy (non-hydrogen) atoms. The number of guanidine groups is 1. The van der Waals surface area contributed by atoms with Crippen molar-refractivity contribution in [2.75, 3.05) is 5.32 Å². The Bertz CT molecular complexity index is 957. The van der Waals surface area contributed by atoms with Crippen LogP contribution in [0.5, 0.6) is 0 Å². The average molecular weight is 360 g/mol. The molecule has 4 rings (SSSR count). The van der Waals surface area contributed by atoms with Gasteiger partial charge in [-0.05, 0) is 61.9 Å². The lowest BCUT2D eigenvalue weighted by Crippen LogP contribution is -2.24. The van der Waals surface area contributed by atoms with Crippen molar-refractivity contribution in [3.63, 3.8) is 0 Å². The lowest BCUT2D eigenvalue weighted by atomic mass is 9.90. The van der Waals surface area contributed by atoms with E-state index in [2.05, 4.69) is 40.4 Å². The highest BCUT2D eigenvalue weighted by Gasteiger charge is 2.13. The van der Waals surface area contributed by atoms with Crippen molar-refractivity contribution in [1.82, 2.24) is 4.98 Å². The summed E-state index contributed by atoms with van der Waals surface area (Å²) in [5, 5.41) is 3.25. The van der Waals surface area contributed by atoms with Gasteiger partial charge >= 0.3 is 0 Å². The first kappa shape index (κ1) is 17.3. The second-order valence-electron chi connectivity index (χ2n) is 6.99. The summed E-state index contributed by atoms with van der Waals surface area (Å²) in [6, 6.07) is 14.4. The van der Waals surface area contributed by atoms with E-state index in [1.54, 1.807) is 6.26 Å². The molecule has 5 nitrogen and oxygen atoms in total. The van der Waals surface area contributed by atoms with E-state index < -0.39 is 0 Å². The molecule has 1 aliphatic carbocycles. The van der Waals surface area contributed by atoms with E-state index in [0.29, 0.717) is 18.4 Å². The zero-order chi connectivity index (χ0) is 18.6. The largest absolute Gasteiger partial charge is 0.444 e. The normalized spacial score (nSPS) is 14.0. The molecule has 0 radical (unpaired) electrons. The highest BCUT2D eigenvalue weighted by molar-refractivity contribution is 5.93. The summed E-state index contributed by atoms with van der Waals surface area (Å²) in [5.41, 5.74) is 12.9. The maximum absolute atomic E-state index is 6.10. The van der Waals surface area contributed by atoms with Crippen LogP contribution in [0.3, 0.4) is 0 Å². The van der Waals surface area contributed by atoms with Gasteiger partial charge in [0.25, 0.3) is 0 Å². The van der Waals surface area contributed by atoms with Gasteiger partial charge in [0.15, 0.2) is 5.96 Å². The molecule has 0 atom stereocenters. The van der Waals surface area contributed by atoms with E-state index in [9.17, 15) is 0 Å². The third-order valence-electron chi connectivity index (χ3n) is 4.92. The van der Waals surface area contributed by atoms with E-state index >= 15 is 0 Å². The smallest absolute Gasteiger partial charge is 0.226 e. The second kappa shape index (κ2) is 7.66. The van der Waals surface area contributed by atoms with Gasteiger partial charge in [0, 0.05) is 11.3 Å². The molecule has 0 unspecified atom stereocenters. The number of aliphatic imine (C=N–C) groups is 1. The minimum absolute atomic E-state index is 0.378. The Morgan fingerprint density at radius 2 is 1.96 bits per heavy atom. The molecule has 1 aromatic heterocycles. The van der Waals surface area contributed by atoms with Crippen molar-refractivity contribution in [1.29, 1.82) is 0 Å². The third-order valence-corrected chi connectivity index (χ3v) is 4.92. The maximum atomic E-state index is 6.10. The van der Waals surface area contributed by atoms with Crippen LogP contribution in [0.25, 0.3) is 11.5 Å². The molecule has 0 saturated heterocycles. The van der Waals surface area contributed by atoms with Gasteiger partial charge in [-0.3, -0.25) is 0 Å². The summed E-state index contributed by atoms with van der Waals surface area (Å²) in [6.45, 7) is 2.43. The lowest BCUT2D eigenvalue weighted by molar-refractivity contribution is 0.572. The molecule has 138 valence electrons. The van der Waals surface area contributed by atoms with E-state index in [0.717, 1.165) is 29.8 Å². The number of oxazole rings is 1. The van der Waals surface area contributed by atoms with Gasteiger partial charge in [0.05, 0.1) is 6.54 Å². The Balaban J connectivity index is 1.44. The molecule has 5 heteroatoms. The fourth-order valence-electron chi connectivity index (χ4n) is 3.45. The van der Waals surface area contributed by atoms with Crippen molar-refractivity contribution in [2.45, 2.75) is 39.2 Å². The van der Waals surface area contributed by atoms with Gasteiger partial charge in [0.1, 0.15) is 12.0 Å². The number of nitrogens with two attached hydrogens (primary N) is 1. The monoisotopic (exact) mass is 360 g/mol.